The van der Waals surface area contributed by atoms with Gasteiger partial charge in [0.2, 0.25) is 0 Å². The highest BCUT2D eigenvalue weighted by atomic mass is 79.9. The van der Waals surface area contributed by atoms with Crippen molar-refractivity contribution in [1.82, 2.24) is 15.1 Å². The van der Waals surface area contributed by atoms with Gasteiger partial charge >= 0.3 is 0 Å². The number of aromatic nitrogens is 2. The lowest BCUT2D eigenvalue weighted by Crippen LogP contribution is -2.27. The molecule has 5 nitrogen and oxygen atoms in total. The number of hydrogen-bond donors (Lipinski definition) is 2. The number of hydrogen-bond acceptors (Lipinski definition) is 3. The van der Waals surface area contributed by atoms with Crippen molar-refractivity contribution >= 4 is 27.5 Å². The summed E-state index contributed by atoms with van der Waals surface area (Å²) >= 11 is 3.38. The third-order valence-electron chi connectivity index (χ3n) is 2.79. The van der Waals surface area contributed by atoms with Crippen molar-refractivity contribution in [3.05, 3.63) is 46.2 Å². The molecular weight excluding hydrogens is 308 g/mol. The predicted octanol–water partition coefficient (Wildman–Crippen LogP) is 2.26. The molecule has 0 saturated carbocycles. The Balaban J connectivity index is 2.10. The predicted molar refractivity (Wildman–Crippen MR) is 77.6 cm³/mol. The largest absolute Gasteiger partial charge is 0.396 e. The molecule has 1 heterocycles. The summed E-state index contributed by atoms with van der Waals surface area (Å²) in [7, 11) is 1.73. The molecule has 6 heteroatoms. The van der Waals surface area contributed by atoms with Crippen LogP contribution in [0.1, 0.15) is 29.0 Å². The molecule has 1 unspecified atom stereocenters. The van der Waals surface area contributed by atoms with Gasteiger partial charge in [-0.15, -0.1) is 0 Å². The first-order valence-corrected chi connectivity index (χ1v) is 6.62. The van der Waals surface area contributed by atoms with Gasteiger partial charge in [0, 0.05) is 17.7 Å². The highest BCUT2D eigenvalue weighted by molar-refractivity contribution is 9.10. The summed E-state index contributed by atoms with van der Waals surface area (Å²) < 4.78 is 2.53. The molecule has 100 valence electrons. The van der Waals surface area contributed by atoms with Crippen molar-refractivity contribution in [2.45, 2.75) is 13.0 Å². The molecule has 1 aromatic heterocycles. The van der Waals surface area contributed by atoms with E-state index in [9.17, 15) is 4.79 Å². The minimum atomic E-state index is -0.270. The van der Waals surface area contributed by atoms with E-state index in [0.29, 0.717) is 5.69 Å². The van der Waals surface area contributed by atoms with Gasteiger partial charge in [-0.05, 0) is 24.6 Å². The van der Waals surface area contributed by atoms with Crippen molar-refractivity contribution in [2.75, 3.05) is 5.73 Å². The number of nitrogens with one attached hydrogen (secondary N) is 1. The maximum Gasteiger partial charge on any atom is 0.274 e. The van der Waals surface area contributed by atoms with Gasteiger partial charge in [-0.25, -0.2) is 0 Å². The molecule has 0 spiro atoms. The second-order valence-corrected chi connectivity index (χ2v) is 5.27. The number of amides is 1. The number of anilines is 1. The number of nitrogens with two attached hydrogens (primary N) is 1. The van der Waals surface area contributed by atoms with Gasteiger partial charge in [0.1, 0.15) is 0 Å². The second-order valence-electron chi connectivity index (χ2n) is 4.35. The fourth-order valence-electron chi connectivity index (χ4n) is 1.78. The molecule has 2 aromatic rings. The fraction of sp³-hybridized carbons (Fsp3) is 0.231. The van der Waals surface area contributed by atoms with E-state index in [0.717, 1.165) is 10.0 Å². The smallest absolute Gasteiger partial charge is 0.274 e. The lowest BCUT2D eigenvalue weighted by Gasteiger charge is -2.13. The summed E-state index contributed by atoms with van der Waals surface area (Å²) in [5, 5.41) is 6.92. The van der Waals surface area contributed by atoms with Gasteiger partial charge in [-0.1, -0.05) is 28.1 Å². The number of carbonyl (C=O) groups is 1. The Morgan fingerprint density at radius 1 is 1.42 bits per heavy atom. The Bertz CT molecular complexity index is 591. The van der Waals surface area contributed by atoms with Gasteiger partial charge in [0.15, 0.2) is 5.69 Å². The monoisotopic (exact) mass is 322 g/mol. The summed E-state index contributed by atoms with van der Waals surface area (Å²) in [6, 6.07) is 7.68. The Morgan fingerprint density at radius 3 is 2.58 bits per heavy atom. The van der Waals surface area contributed by atoms with Gasteiger partial charge in [-0.2, -0.15) is 5.10 Å². The van der Waals surface area contributed by atoms with E-state index >= 15 is 0 Å². The number of carbonyl (C=O) groups excluding carboxylic acids is 1. The Morgan fingerprint density at radius 2 is 2.05 bits per heavy atom. The molecule has 1 atom stereocenters. The number of aryl methyl sites for hydroxylation is 1. The lowest BCUT2D eigenvalue weighted by atomic mass is 10.1. The molecule has 0 fully saturated rings. The van der Waals surface area contributed by atoms with E-state index in [-0.39, 0.29) is 17.6 Å². The molecule has 1 amide bonds. The average Bonchev–Trinajstić information content (AvgIpc) is 2.69. The third kappa shape index (κ3) is 3.14. The molecule has 3 N–H and O–H groups in total. The highest BCUT2D eigenvalue weighted by Crippen LogP contribution is 2.17. The maximum atomic E-state index is 12.1. The van der Waals surface area contributed by atoms with Crippen molar-refractivity contribution in [3.8, 4) is 0 Å². The standard InChI is InChI=1S/C13H15BrN4O/c1-8(9-3-5-10(14)6-4-9)16-13(19)12-11(15)7-18(2)17-12/h3-8H,15H2,1-2H3,(H,16,19). The molecule has 0 aliphatic rings. The highest BCUT2D eigenvalue weighted by Gasteiger charge is 2.16. The van der Waals surface area contributed by atoms with Crippen LogP contribution in [0.2, 0.25) is 0 Å². The van der Waals surface area contributed by atoms with Gasteiger partial charge in [0.25, 0.3) is 5.91 Å². The van der Waals surface area contributed by atoms with Crippen molar-refractivity contribution < 1.29 is 4.79 Å². The Hall–Kier alpha value is -1.82. The molecule has 0 radical (unpaired) electrons. The Labute approximate surface area is 119 Å². The second kappa shape index (κ2) is 5.44. The molecule has 0 aliphatic carbocycles. The van der Waals surface area contributed by atoms with Gasteiger partial charge in [0.05, 0.1) is 11.7 Å². The minimum absolute atomic E-state index is 0.109. The van der Waals surface area contributed by atoms with Gasteiger partial charge in [-0.3, -0.25) is 9.48 Å². The molecule has 1 aromatic carbocycles. The summed E-state index contributed by atoms with van der Waals surface area (Å²) in [6.07, 6.45) is 1.61. The molecular formula is C13H15BrN4O. The quantitative estimate of drug-likeness (QED) is 0.910. The van der Waals surface area contributed by atoms with Crippen LogP contribution in [-0.2, 0) is 7.05 Å². The molecule has 2 rings (SSSR count). The fourth-order valence-corrected chi connectivity index (χ4v) is 2.05. The Kier molecular flexibility index (Phi) is 3.90. The van der Waals surface area contributed by atoms with Crippen molar-refractivity contribution in [3.63, 3.8) is 0 Å². The van der Waals surface area contributed by atoms with Crippen LogP contribution in [0.4, 0.5) is 5.69 Å². The van der Waals surface area contributed by atoms with Crippen LogP contribution < -0.4 is 11.1 Å². The summed E-state index contributed by atoms with van der Waals surface area (Å²) in [5.74, 6) is -0.270. The van der Waals surface area contributed by atoms with E-state index in [4.69, 9.17) is 5.73 Å². The van der Waals surface area contributed by atoms with E-state index in [1.165, 1.54) is 4.68 Å². The van der Waals surface area contributed by atoms with Gasteiger partial charge < -0.3 is 11.1 Å². The summed E-state index contributed by atoms with van der Waals surface area (Å²) in [4.78, 5) is 12.1. The van der Waals surface area contributed by atoms with Crippen LogP contribution in [0.3, 0.4) is 0 Å². The molecule has 0 bridgehead atoms. The number of nitrogen functional groups attached to an aromatic ring is 1. The first-order chi connectivity index (χ1) is 8.97. The maximum absolute atomic E-state index is 12.1. The van der Waals surface area contributed by atoms with Crippen LogP contribution in [0.5, 0.6) is 0 Å². The molecule has 0 aliphatic heterocycles. The normalized spacial score (nSPS) is 12.2. The molecule has 0 saturated heterocycles. The first-order valence-electron chi connectivity index (χ1n) is 5.83. The lowest BCUT2D eigenvalue weighted by molar-refractivity contribution is 0.0935. The van der Waals surface area contributed by atoms with E-state index in [1.807, 2.05) is 31.2 Å². The van der Waals surface area contributed by atoms with Crippen LogP contribution in [0.15, 0.2) is 34.9 Å². The zero-order valence-corrected chi connectivity index (χ0v) is 12.3. The van der Waals surface area contributed by atoms with E-state index in [1.54, 1.807) is 13.2 Å². The summed E-state index contributed by atoms with van der Waals surface area (Å²) in [6.45, 7) is 1.92. The van der Waals surface area contributed by atoms with Crippen LogP contribution >= 0.6 is 15.9 Å². The van der Waals surface area contributed by atoms with E-state index < -0.39 is 0 Å². The number of halogens is 1. The number of nitrogens with zero attached hydrogens (tertiary/aromatic N) is 2. The zero-order chi connectivity index (χ0) is 14.0. The number of benzene rings is 1. The first kappa shape index (κ1) is 13.6. The van der Waals surface area contributed by atoms with Crippen LogP contribution in [0.25, 0.3) is 0 Å². The zero-order valence-electron chi connectivity index (χ0n) is 10.7. The summed E-state index contributed by atoms with van der Waals surface area (Å²) in [5.41, 5.74) is 7.38. The topological polar surface area (TPSA) is 72.9 Å². The number of rotatable bonds is 3. The third-order valence-corrected chi connectivity index (χ3v) is 3.32. The molecule has 19 heavy (non-hydrogen) atoms. The minimum Gasteiger partial charge on any atom is -0.396 e. The van der Waals surface area contributed by atoms with E-state index in [2.05, 4.69) is 26.3 Å². The van der Waals surface area contributed by atoms with Crippen LogP contribution in [0, 0.1) is 0 Å². The van der Waals surface area contributed by atoms with Crippen molar-refractivity contribution in [2.24, 2.45) is 7.05 Å². The van der Waals surface area contributed by atoms with Crippen LogP contribution in [-0.4, -0.2) is 15.7 Å². The van der Waals surface area contributed by atoms with Crippen molar-refractivity contribution in [1.29, 1.82) is 0 Å². The SMILES string of the molecule is CC(NC(=O)c1nn(C)cc1N)c1ccc(Br)cc1. The average molecular weight is 323 g/mol.